The van der Waals surface area contributed by atoms with Crippen LogP contribution in [0, 0.1) is 12.3 Å². The summed E-state index contributed by atoms with van der Waals surface area (Å²) in [6, 6.07) is 20.1. The second-order valence-corrected chi connectivity index (χ2v) is 13.7. The Balaban J connectivity index is 1.78. The van der Waals surface area contributed by atoms with Crippen molar-refractivity contribution in [3.05, 3.63) is 78.0 Å². The van der Waals surface area contributed by atoms with E-state index in [4.69, 9.17) is 11.3 Å². The highest BCUT2D eigenvalue weighted by molar-refractivity contribution is 6.87. The Labute approximate surface area is 199 Å². The van der Waals surface area contributed by atoms with Gasteiger partial charge in [-0.3, -0.25) is 4.98 Å². The van der Waals surface area contributed by atoms with E-state index in [1.54, 1.807) is 26.8 Å². The van der Waals surface area contributed by atoms with Crippen LogP contribution in [0.5, 0.6) is 5.75 Å². The fourth-order valence-corrected chi connectivity index (χ4v) is 7.18. The maximum Gasteiger partial charge on any atom is 0.278 e. The maximum absolute atomic E-state index is 8.91. The fourth-order valence-electron chi connectivity index (χ4n) is 4.62. The number of nitrogens with zero attached hydrogens (tertiary/aromatic N) is 1. The lowest BCUT2D eigenvalue weighted by Gasteiger charge is -2.35. The second-order valence-electron chi connectivity index (χ2n) is 9.99. The van der Waals surface area contributed by atoms with Gasteiger partial charge in [0.15, 0.2) is 0 Å². The van der Waals surface area contributed by atoms with E-state index in [1.807, 2.05) is 24.3 Å². The summed E-state index contributed by atoms with van der Waals surface area (Å²) in [7, 11) is -2.50. The molecule has 5 rings (SSSR count). The monoisotopic (exact) mass is 442 g/mol. The summed E-state index contributed by atoms with van der Waals surface area (Å²) in [5, 5.41) is 3.29. The van der Waals surface area contributed by atoms with E-state index in [-0.39, 0.29) is 11.1 Å². The zero-order valence-electron chi connectivity index (χ0n) is 24.2. The normalized spacial score (nSPS) is 17.7. The molecule has 0 unspecified atom stereocenters. The van der Waals surface area contributed by atoms with Crippen LogP contribution in [0.2, 0.25) is 13.1 Å². The Kier molecular flexibility index (Phi) is 3.61. The first-order valence-corrected chi connectivity index (χ1v) is 13.9. The van der Waals surface area contributed by atoms with Gasteiger partial charge in [-0.05, 0) is 65.1 Å². The smallest absolute Gasteiger partial charge is 0.278 e. The number of aromatic nitrogens is 1. The summed E-state index contributed by atoms with van der Waals surface area (Å²) < 4.78 is 48.8. The van der Waals surface area contributed by atoms with E-state index >= 15 is 0 Å². The summed E-state index contributed by atoms with van der Waals surface area (Å²) >= 11 is 0. The Morgan fingerprint density at radius 1 is 0.969 bits per heavy atom. The number of hydrogen-bond donors (Lipinski definition) is 0. The van der Waals surface area contributed by atoms with Crippen LogP contribution in [-0.2, 0) is 6.37 Å². The van der Waals surface area contributed by atoms with E-state index in [0.29, 0.717) is 5.69 Å². The number of fused-ring (bicyclic) bond motifs is 5. The second kappa shape index (κ2) is 7.31. The lowest BCUT2D eigenvalue weighted by molar-refractivity contribution is 0.410. The van der Waals surface area contributed by atoms with Crippen molar-refractivity contribution >= 4 is 24.3 Å². The molecular weight excluding hydrogens is 406 g/mol. The molecule has 0 bridgehead atoms. The van der Waals surface area contributed by atoms with Gasteiger partial charge in [-0.2, -0.15) is 0 Å². The SMILES string of the molecule is [2H]C([2H])([2H])c1cnc(-c2cccc3c2[Si](C)(C)Oc2c-3ccc3ccccc23)cc1C([2H])([2H])C(C)(C)C. The minimum absolute atomic E-state index is 0.0504. The molecular formula is C29H31NOSi. The van der Waals surface area contributed by atoms with E-state index in [9.17, 15) is 0 Å². The minimum Gasteiger partial charge on any atom is -0.539 e. The third kappa shape index (κ3) is 3.55. The molecule has 3 aromatic carbocycles. The molecule has 32 heavy (non-hydrogen) atoms. The van der Waals surface area contributed by atoms with E-state index in [0.717, 1.165) is 38.4 Å². The average Bonchev–Trinajstić information content (AvgIpc) is 2.81. The predicted octanol–water partition coefficient (Wildman–Crippen LogP) is 7.27. The molecule has 162 valence electrons. The lowest BCUT2D eigenvalue weighted by atomic mass is 9.86. The summed E-state index contributed by atoms with van der Waals surface area (Å²) in [6.07, 6.45) is -0.557. The number of pyridine rings is 1. The molecule has 3 heteroatoms. The van der Waals surface area contributed by atoms with Gasteiger partial charge < -0.3 is 4.43 Å². The van der Waals surface area contributed by atoms with Gasteiger partial charge in [0.05, 0.1) is 5.69 Å². The van der Waals surface area contributed by atoms with Crippen LogP contribution in [0.15, 0.2) is 66.9 Å². The molecule has 0 saturated heterocycles. The Morgan fingerprint density at radius 3 is 2.53 bits per heavy atom. The highest BCUT2D eigenvalue weighted by Gasteiger charge is 2.39. The van der Waals surface area contributed by atoms with Gasteiger partial charge >= 0.3 is 0 Å². The summed E-state index contributed by atoms with van der Waals surface area (Å²) in [5.74, 6) is 0.898. The van der Waals surface area contributed by atoms with Crippen molar-refractivity contribution in [2.24, 2.45) is 5.41 Å². The van der Waals surface area contributed by atoms with Crippen molar-refractivity contribution in [2.45, 2.75) is 47.1 Å². The molecule has 1 aromatic heterocycles. The zero-order valence-corrected chi connectivity index (χ0v) is 20.2. The van der Waals surface area contributed by atoms with Gasteiger partial charge in [0.1, 0.15) is 5.75 Å². The maximum atomic E-state index is 8.91. The number of benzene rings is 3. The lowest BCUT2D eigenvalue weighted by Crippen LogP contribution is -2.52. The van der Waals surface area contributed by atoms with Crippen LogP contribution < -0.4 is 9.61 Å². The molecule has 1 aliphatic rings. The Morgan fingerprint density at radius 2 is 1.75 bits per heavy atom. The number of rotatable bonds is 2. The van der Waals surface area contributed by atoms with Gasteiger partial charge in [-0.25, -0.2) is 0 Å². The first-order valence-electron chi connectivity index (χ1n) is 13.5. The predicted molar refractivity (Wildman–Crippen MR) is 138 cm³/mol. The third-order valence-electron chi connectivity index (χ3n) is 5.88. The zero-order chi connectivity index (χ0) is 27.0. The van der Waals surface area contributed by atoms with Crippen molar-refractivity contribution in [1.29, 1.82) is 0 Å². The molecule has 1 aliphatic heterocycles. The van der Waals surface area contributed by atoms with Crippen molar-refractivity contribution < 1.29 is 11.3 Å². The van der Waals surface area contributed by atoms with E-state index in [2.05, 4.69) is 48.4 Å². The Hall–Kier alpha value is -2.91. The van der Waals surface area contributed by atoms with Crippen LogP contribution >= 0.6 is 0 Å². The first kappa shape index (κ1) is 15.8. The van der Waals surface area contributed by atoms with Gasteiger partial charge in [-0.1, -0.05) is 75.4 Å². The molecule has 0 spiro atoms. The summed E-state index contributed by atoms with van der Waals surface area (Å²) in [6.45, 7) is 7.19. The topological polar surface area (TPSA) is 22.1 Å². The molecule has 4 aromatic rings. The van der Waals surface area contributed by atoms with Crippen LogP contribution in [0.25, 0.3) is 33.2 Å². The molecule has 0 fully saturated rings. The molecule has 2 heterocycles. The number of aryl methyl sites for hydroxylation is 1. The highest BCUT2D eigenvalue weighted by Crippen LogP contribution is 2.43. The first-order chi connectivity index (χ1) is 17.1. The van der Waals surface area contributed by atoms with Gasteiger partial charge in [0, 0.05) is 29.6 Å². The quantitative estimate of drug-likeness (QED) is 0.305. The number of hydrogen-bond acceptors (Lipinski definition) is 2. The summed E-state index contributed by atoms with van der Waals surface area (Å²) in [5.41, 5.74) is 2.81. The van der Waals surface area contributed by atoms with Crippen molar-refractivity contribution in [1.82, 2.24) is 4.98 Å². The Bertz CT molecular complexity index is 1540. The fraction of sp³-hybridized carbons (Fsp3) is 0.276. The van der Waals surface area contributed by atoms with E-state index in [1.165, 1.54) is 6.20 Å². The largest absolute Gasteiger partial charge is 0.539 e. The average molecular weight is 443 g/mol. The van der Waals surface area contributed by atoms with Crippen LogP contribution in [-0.4, -0.2) is 13.3 Å². The third-order valence-corrected chi connectivity index (χ3v) is 8.34. The van der Waals surface area contributed by atoms with Crippen molar-refractivity contribution in [3.8, 4) is 28.1 Å². The molecule has 2 nitrogen and oxygen atoms in total. The molecule has 0 N–H and O–H groups in total. The van der Waals surface area contributed by atoms with Gasteiger partial charge in [0.2, 0.25) is 0 Å². The summed E-state index contributed by atoms with van der Waals surface area (Å²) in [4.78, 5) is 4.59. The van der Waals surface area contributed by atoms with Crippen LogP contribution in [0.4, 0.5) is 0 Å². The van der Waals surface area contributed by atoms with Crippen LogP contribution in [0.3, 0.4) is 0 Å². The minimum atomic E-state index is -2.50. The van der Waals surface area contributed by atoms with Gasteiger partial charge in [-0.15, -0.1) is 0 Å². The highest BCUT2D eigenvalue weighted by atomic mass is 28.4. The van der Waals surface area contributed by atoms with Crippen molar-refractivity contribution in [3.63, 3.8) is 0 Å². The standard InChI is InChI=1S/C29H31NOSi/c1-19-18-30-26(16-21(19)17-29(2,3)4)25-13-9-12-24-23-15-14-20-10-7-8-11-22(20)27(23)31-32(5,6)28(24)25/h7-16,18H,17H2,1-6H3/i1D3,17D2. The van der Waals surface area contributed by atoms with Crippen LogP contribution in [0.1, 0.15) is 38.8 Å². The van der Waals surface area contributed by atoms with E-state index < -0.39 is 27.0 Å². The molecule has 0 saturated carbocycles. The molecule has 0 atom stereocenters. The molecule has 0 amide bonds. The molecule has 0 radical (unpaired) electrons. The molecule has 0 aliphatic carbocycles. The van der Waals surface area contributed by atoms with Crippen molar-refractivity contribution in [2.75, 3.05) is 0 Å². The van der Waals surface area contributed by atoms with Gasteiger partial charge in [0.25, 0.3) is 8.32 Å².